The molecule has 1 unspecified atom stereocenters. The number of rotatable bonds is 2. The van der Waals surface area contributed by atoms with Crippen LogP contribution in [0.2, 0.25) is 0 Å². The van der Waals surface area contributed by atoms with E-state index in [0.717, 1.165) is 36.2 Å². The van der Waals surface area contributed by atoms with Crippen LogP contribution in [-0.2, 0) is 14.1 Å². The van der Waals surface area contributed by atoms with Gasteiger partial charge in [-0.2, -0.15) is 0 Å². The van der Waals surface area contributed by atoms with Crippen molar-refractivity contribution in [1.29, 1.82) is 0 Å². The van der Waals surface area contributed by atoms with Crippen molar-refractivity contribution in [1.82, 2.24) is 24.0 Å². The van der Waals surface area contributed by atoms with Gasteiger partial charge < -0.3 is 14.0 Å². The second-order valence-electron chi connectivity index (χ2n) is 6.10. The molecule has 6 nitrogen and oxygen atoms in total. The molecule has 1 fully saturated rings. The number of para-hydroxylation sites is 2. The van der Waals surface area contributed by atoms with Gasteiger partial charge in [0.1, 0.15) is 11.5 Å². The van der Waals surface area contributed by atoms with E-state index in [1.807, 2.05) is 37.2 Å². The second-order valence-corrected chi connectivity index (χ2v) is 6.10. The van der Waals surface area contributed by atoms with E-state index < -0.39 is 0 Å². The Hall–Kier alpha value is -2.63. The molecule has 6 heteroatoms. The molecule has 23 heavy (non-hydrogen) atoms. The second kappa shape index (κ2) is 5.22. The van der Waals surface area contributed by atoms with Gasteiger partial charge in [0.2, 0.25) is 0 Å². The van der Waals surface area contributed by atoms with Crippen molar-refractivity contribution >= 4 is 16.9 Å². The van der Waals surface area contributed by atoms with Crippen LogP contribution >= 0.6 is 0 Å². The number of carbonyl (C=O) groups excluding carboxylic acids is 1. The van der Waals surface area contributed by atoms with Crippen molar-refractivity contribution < 1.29 is 4.79 Å². The first-order valence-electron chi connectivity index (χ1n) is 7.85. The van der Waals surface area contributed by atoms with Gasteiger partial charge in [-0.25, -0.2) is 9.97 Å². The summed E-state index contributed by atoms with van der Waals surface area (Å²) in [6.07, 6.45) is 5.36. The number of hydrogen-bond acceptors (Lipinski definition) is 3. The Morgan fingerprint density at radius 1 is 1.26 bits per heavy atom. The van der Waals surface area contributed by atoms with Crippen LogP contribution in [-0.4, -0.2) is 36.5 Å². The summed E-state index contributed by atoms with van der Waals surface area (Å²) in [5, 5.41) is 0. The maximum atomic E-state index is 12.8. The summed E-state index contributed by atoms with van der Waals surface area (Å²) < 4.78 is 3.90. The fraction of sp³-hybridized carbons (Fsp3) is 0.353. The number of imidazole rings is 2. The molecule has 2 aromatic heterocycles. The molecule has 0 aliphatic carbocycles. The number of amides is 1. The zero-order valence-electron chi connectivity index (χ0n) is 13.3. The van der Waals surface area contributed by atoms with E-state index in [-0.39, 0.29) is 11.9 Å². The third kappa shape index (κ3) is 2.21. The summed E-state index contributed by atoms with van der Waals surface area (Å²) in [6.45, 7) is 0.753. The maximum absolute atomic E-state index is 12.8. The molecule has 0 N–H and O–H groups in total. The Balaban J connectivity index is 1.72. The highest BCUT2D eigenvalue weighted by Gasteiger charge is 2.34. The lowest BCUT2D eigenvalue weighted by atomic mass is 10.2. The van der Waals surface area contributed by atoms with E-state index in [1.54, 1.807) is 17.1 Å². The Labute approximate surface area is 134 Å². The van der Waals surface area contributed by atoms with Gasteiger partial charge in [0, 0.05) is 26.8 Å². The number of likely N-dealkylation sites (tertiary alicyclic amines) is 1. The highest BCUT2D eigenvalue weighted by atomic mass is 16.2. The zero-order valence-corrected chi connectivity index (χ0v) is 13.3. The molecule has 0 saturated carbocycles. The lowest BCUT2D eigenvalue weighted by Crippen LogP contribution is -2.32. The van der Waals surface area contributed by atoms with Gasteiger partial charge in [0.05, 0.1) is 23.4 Å². The van der Waals surface area contributed by atoms with E-state index in [9.17, 15) is 4.79 Å². The molecule has 4 rings (SSSR count). The molecule has 3 aromatic rings. The van der Waals surface area contributed by atoms with Crippen LogP contribution in [0.1, 0.15) is 35.2 Å². The largest absolute Gasteiger partial charge is 0.340 e. The fourth-order valence-corrected chi connectivity index (χ4v) is 3.41. The molecule has 1 saturated heterocycles. The van der Waals surface area contributed by atoms with Crippen LogP contribution in [0.15, 0.2) is 36.8 Å². The smallest absolute Gasteiger partial charge is 0.274 e. The van der Waals surface area contributed by atoms with Gasteiger partial charge in [-0.05, 0) is 25.0 Å². The lowest BCUT2D eigenvalue weighted by Gasteiger charge is -2.23. The Bertz CT molecular complexity index is 878. The van der Waals surface area contributed by atoms with Gasteiger partial charge in [-0.15, -0.1) is 0 Å². The summed E-state index contributed by atoms with van der Waals surface area (Å²) in [6, 6.07) is 8.09. The molecular formula is C17H19N5O. The first-order chi connectivity index (χ1) is 11.1. The number of nitrogens with zero attached hydrogens (tertiary/aromatic N) is 5. The number of carbonyl (C=O) groups is 1. The summed E-state index contributed by atoms with van der Waals surface area (Å²) in [5.41, 5.74) is 2.57. The van der Waals surface area contributed by atoms with Crippen molar-refractivity contribution in [3.8, 4) is 0 Å². The zero-order chi connectivity index (χ0) is 16.0. The molecule has 1 aliphatic heterocycles. The lowest BCUT2D eigenvalue weighted by molar-refractivity contribution is 0.0723. The molecular weight excluding hydrogens is 290 g/mol. The normalized spacial score (nSPS) is 18.0. The van der Waals surface area contributed by atoms with Crippen LogP contribution in [0.25, 0.3) is 11.0 Å². The minimum atomic E-state index is -0.0137. The number of benzene rings is 1. The number of aromatic nitrogens is 4. The van der Waals surface area contributed by atoms with Crippen LogP contribution in [0.4, 0.5) is 0 Å². The predicted molar refractivity (Wildman–Crippen MR) is 86.9 cm³/mol. The molecule has 118 valence electrons. The van der Waals surface area contributed by atoms with Gasteiger partial charge in [0.15, 0.2) is 0 Å². The molecule has 0 radical (unpaired) electrons. The van der Waals surface area contributed by atoms with Crippen molar-refractivity contribution in [2.24, 2.45) is 14.1 Å². The minimum absolute atomic E-state index is 0.0137. The topological polar surface area (TPSA) is 56.0 Å². The Morgan fingerprint density at radius 3 is 2.83 bits per heavy atom. The van der Waals surface area contributed by atoms with Crippen molar-refractivity contribution in [2.75, 3.05) is 6.54 Å². The minimum Gasteiger partial charge on any atom is -0.340 e. The van der Waals surface area contributed by atoms with Crippen LogP contribution in [0.3, 0.4) is 0 Å². The van der Waals surface area contributed by atoms with Crippen molar-refractivity contribution in [3.05, 3.63) is 48.3 Å². The van der Waals surface area contributed by atoms with Crippen molar-refractivity contribution in [2.45, 2.75) is 18.9 Å². The van der Waals surface area contributed by atoms with Gasteiger partial charge >= 0.3 is 0 Å². The monoisotopic (exact) mass is 309 g/mol. The van der Waals surface area contributed by atoms with E-state index in [0.29, 0.717) is 5.69 Å². The molecule has 1 amide bonds. The summed E-state index contributed by atoms with van der Waals surface area (Å²) in [5.74, 6) is 0.938. The Morgan fingerprint density at radius 2 is 2.09 bits per heavy atom. The maximum Gasteiger partial charge on any atom is 0.274 e. The van der Waals surface area contributed by atoms with Crippen molar-refractivity contribution in [3.63, 3.8) is 0 Å². The highest BCUT2D eigenvalue weighted by molar-refractivity contribution is 5.92. The third-order valence-corrected chi connectivity index (χ3v) is 4.56. The van der Waals surface area contributed by atoms with E-state index >= 15 is 0 Å². The summed E-state index contributed by atoms with van der Waals surface area (Å²) in [7, 11) is 3.89. The Kier molecular flexibility index (Phi) is 3.18. The highest BCUT2D eigenvalue weighted by Crippen LogP contribution is 2.33. The first-order valence-corrected chi connectivity index (χ1v) is 7.85. The van der Waals surface area contributed by atoms with Crippen LogP contribution < -0.4 is 0 Å². The number of aryl methyl sites for hydroxylation is 2. The van der Waals surface area contributed by atoms with Crippen LogP contribution in [0, 0.1) is 0 Å². The SMILES string of the molecule is Cn1cnc(C(=O)N2CCCC2c2nc3ccccc3n2C)c1. The molecule has 1 aromatic carbocycles. The number of fused-ring (bicyclic) bond motifs is 1. The average molecular weight is 309 g/mol. The predicted octanol–water partition coefficient (Wildman–Crippen LogP) is 2.28. The van der Waals surface area contributed by atoms with E-state index in [1.165, 1.54) is 0 Å². The quantitative estimate of drug-likeness (QED) is 0.730. The van der Waals surface area contributed by atoms with Gasteiger partial charge in [-0.3, -0.25) is 4.79 Å². The first kappa shape index (κ1) is 14.0. The average Bonchev–Trinajstić information content (AvgIpc) is 3.26. The molecule has 0 bridgehead atoms. The number of hydrogen-bond donors (Lipinski definition) is 0. The fourth-order valence-electron chi connectivity index (χ4n) is 3.41. The molecule has 1 atom stereocenters. The molecule has 1 aliphatic rings. The van der Waals surface area contributed by atoms with Crippen LogP contribution in [0.5, 0.6) is 0 Å². The molecule has 0 spiro atoms. The van der Waals surface area contributed by atoms with Gasteiger partial charge in [-0.1, -0.05) is 12.1 Å². The molecule has 3 heterocycles. The van der Waals surface area contributed by atoms with E-state index in [2.05, 4.69) is 15.6 Å². The standard InChI is InChI=1S/C17H19N5O/c1-20-10-13(18-11-20)17(23)22-9-5-8-15(22)16-19-12-6-3-4-7-14(12)21(16)2/h3-4,6-7,10-11,15H,5,8-9H2,1-2H3. The van der Waals surface area contributed by atoms with Gasteiger partial charge in [0.25, 0.3) is 5.91 Å². The van der Waals surface area contributed by atoms with E-state index in [4.69, 9.17) is 4.98 Å². The summed E-state index contributed by atoms with van der Waals surface area (Å²) in [4.78, 5) is 23.7. The summed E-state index contributed by atoms with van der Waals surface area (Å²) >= 11 is 0. The third-order valence-electron chi connectivity index (χ3n) is 4.56.